The average Bonchev–Trinajstić information content (AvgIpc) is 3.42. The van der Waals surface area contributed by atoms with Crippen LogP contribution in [0, 0.1) is 5.92 Å². The predicted octanol–water partition coefficient (Wildman–Crippen LogP) is 1.84. The largest absolute Gasteiger partial charge is 0.495 e. The topological polar surface area (TPSA) is 111 Å². The number of sulfonamides is 1. The van der Waals surface area contributed by atoms with Crippen molar-refractivity contribution in [1.82, 2.24) is 10.0 Å². The molecule has 1 aliphatic carbocycles. The fourth-order valence-electron chi connectivity index (χ4n) is 2.70. The summed E-state index contributed by atoms with van der Waals surface area (Å²) in [7, 11) is -2.59. The number of nitrogens with one attached hydrogen (secondary N) is 2. The lowest BCUT2D eigenvalue weighted by molar-refractivity contribution is -0.124. The highest BCUT2D eigenvalue weighted by Crippen LogP contribution is 2.32. The summed E-state index contributed by atoms with van der Waals surface area (Å²) in [6.07, 6.45) is 2.18. The monoisotopic (exact) mass is 412 g/mol. The van der Waals surface area contributed by atoms with Crippen molar-refractivity contribution in [2.75, 3.05) is 13.7 Å². The number of esters is 1. The summed E-state index contributed by atoms with van der Waals surface area (Å²) < 4.78 is 38.0. The molecule has 1 aromatic rings. The fraction of sp³-hybridized carbons (Fsp3) is 0.579. The summed E-state index contributed by atoms with van der Waals surface area (Å²) in [6, 6.07) is 4.00. The highest BCUT2D eigenvalue weighted by molar-refractivity contribution is 7.89. The van der Waals surface area contributed by atoms with Gasteiger partial charge in [0.2, 0.25) is 10.0 Å². The van der Waals surface area contributed by atoms with Gasteiger partial charge < -0.3 is 14.8 Å². The van der Waals surface area contributed by atoms with E-state index in [1.54, 1.807) is 20.8 Å². The molecule has 8 nitrogen and oxygen atoms in total. The molecule has 1 saturated carbocycles. The molecule has 1 aliphatic rings. The van der Waals surface area contributed by atoms with E-state index in [4.69, 9.17) is 9.47 Å². The van der Waals surface area contributed by atoms with Crippen LogP contribution < -0.4 is 14.8 Å². The molecule has 1 atom stereocenters. The highest BCUT2D eigenvalue weighted by atomic mass is 32.2. The van der Waals surface area contributed by atoms with Gasteiger partial charge in [-0.05, 0) is 64.7 Å². The Morgan fingerprint density at radius 2 is 1.89 bits per heavy atom. The molecule has 1 fully saturated rings. The lowest BCUT2D eigenvalue weighted by atomic mass is 10.1. The predicted molar refractivity (Wildman–Crippen MR) is 104 cm³/mol. The minimum Gasteiger partial charge on any atom is -0.495 e. The van der Waals surface area contributed by atoms with Gasteiger partial charge in [0.1, 0.15) is 10.6 Å². The van der Waals surface area contributed by atoms with Gasteiger partial charge in [-0.3, -0.25) is 4.79 Å². The van der Waals surface area contributed by atoms with Crippen molar-refractivity contribution in [2.45, 2.75) is 57.0 Å². The van der Waals surface area contributed by atoms with Crippen LogP contribution in [0.2, 0.25) is 0 Å². The number of amides is 1. The highest BCUT2D eigenvalue weighted by Gasteiger charge is 2.29. The smallest absolute Gasteiger partial charge is 0.338 e. The van der Waals surface area contributed by atoms with Crippen molar-refractivity contribution >= 4 is 21.9 Å². The second-order valence-electron chi connectivity index (χ2n) is 7.99. The Labute approximate surface area is 166 Å². The third-order valence-electron chi connectivity index (χ3n) is 4.18. The van der Waals surface area contributed by atoms with Gasteiger partial charge >= 0.3 is 5.97 Å². The Hall–Kier alpha value is -2.13. The minimum absolute atomic E-state index is 0.0122. The maximum atomic E-state index is 12.7. The Kier molecular flexibility index (Phi) is 6.71. The third kappa shape index (κ3) is 6.20. The third-order valence-corrected chi connectivity index (χ3v) is 5.96. The van der Waals surface area contributed by atoms with Crippen molar-refractivity contribution in [3.8, 4) is 5.75 Å². The molecule has 0 spiro atoms. The first kappa shape index (κ1) is 22.2. The second kappa shape index (κ2) is 8.48. The van der Waals surface area contributed by atoms with Gasteiger partial charge in [0.25, 0.3) is 5.91 Å². The number of methoxy groups -OCH3 is 1. The molecule has 2 N–H and O–H groups in total. The summed E-state index contributed by atoms with van der Waals surface area (Å²) in [5.41, 5.74) is -0.699. The molecule has 0 bridgehead atoms. The van der Waals surface area contributed by atoms with Crippen molar-refractivity contribution in [3.63, 3.8) is 0 Å². The van der Waals surface area contributed by atoms with Gasteiger partial charge in [-0.2, -0.15) is 0 Å². The van der Waals surface area contributed by atoms with Crippen LogP contribution in [0.15, 0.2) is 23.1 Å². The molecule has 1 amide bonds. The van der Waals surface area contributed by atoms with Gasteiger partial charge in [-0.25, -0.2) is 17.9 Å². The molecule has 0 saturated heterocycles. The average molecular weight is 413 g/mol. The Morgan fingerprint density at radius 1 is 1.25 bits per heavy atom. The quantitative estimate of drug-likeness (QED) is 0.631. The van der Waals surface area contributed by atoms with Crippen molar-refractivity contribution < 1.29 is 27.5 Å². The van der Waals surface area contributed by atoms with E-state index in [0.29, 0.717) is 5.92 Å². The van der Waals surface area contributed by atoms with E-state index < -0.39 is 28.1 Å². The first-order chi connectivity index (χ1) is 12.9. The van der Waals surface area contributed by atoms with E-state index >= 15 is 0 Å². The molecule has 2 rings (SSSR count). The minimum atomic E-state index is -3.93. The summed E-state index contributed by atoms with van der Waals surface area (Å²) in [4.78, 5) is 24.0. The van der Waals surface area contributed by atoms with Crippen LogP contribution in [-0.2, 0) is 19.6 Å². The van der Waals surface area contributed by atoms with E-state index in [1.165, 1.54) is 25.3 Å². The molecule has 0 aromatic heterocycles. The zero-order chi connectivity index (χ0) is 21.1. The van der Waals surface area contributed by atoms with Crippen molar-refractivity contribution in [1.29, 1.82) is 0 Å². The molecule has 28 heavy (non-hydrogen) atoms. The van der Waals surface area contributed by atoms with Crippen LogP contribution in [0.5, 0.6) is 5.75 Å². The fourth-order valence-corrected chi connectivity index (χ4v) is 4.31. The first-order valence-electron chi connectivity index (χ1n) is 9.11. The van der Waals surface area contributed by atoms with E-state index in [-0.39, 0.29) is 28.2 Å². The number of rotatable bonds is 8. The zero-order valence-electron chi connectivity index (χ0n) is 16.9. The van der Waals surface area contributed by atoms with Gasteiger partial charge in [-0.15, -0.1) is 0 Å². The van der Waals surface area contributed by atoms with E-state index in [0.717, 1.165) is 12.8 Å². The van der Waals surface area contributed by atoms with E-state index in [1.807, 2.05) is 6.92 Å². The van der Waals surface area contributed by atoms with Gasteiger partial charge in [0.15, 0.2) is 6.61 Å². The number of carbonyl (C=O) groups excluding carboxylic acids is 2. The SMILES string of the molecule is COc1ccc(C(=O)OCC(=O)NC(C)C2CC2)cc1S(=O)(=O)NC(C)(C)C. The van der Waals surface area contributed by atoms with Crippen LogP contribution in [0.25, 0.3) is 0 Å². The van der Waals surface area contributed by atoms with E-state index in [9.17, 15) is 18.0 Å². The lowest BCUT2D eigenvalue weighted by Crippen LogP contribution is -2.40. The number of benzene rings is 1. The number of ether oxygens (including phenoxy) is 2. The van der Waals surface area contributed by atoms with Crippen LogP contribution >= 0.6 is 0 Å². The summed E-state index contributed by atoms with van der Waals surface area (Å²) in [5, 5.41) is 2.79. The zero-order valence-corrected chi connectivity index (χ0v) is 17.7. The normalized spacial score (nSPS) is 15.6. The van der Waals surface area contributed by atoms with Gasteiger partial charge in [0, 0.05) is 11.6 Å². The van der Waals surface area contributed by atoms with Crippen molar-refractivity contribution in [2.24, 2.45) is 5.92 Å². The van der Waals surface area contributed by atoms with Gasteiger partial charge in [0.05, 0.1) is 12.7 Å². The Morgan fingerprint density at radius 3 is 2.43 bits per heavy atom. The molecule has 0 aliphatic heterocycles. The molecule has 9 heteroatoms. The molecular weight excluding hydrogens is 384 g/mol. The van der Waals surface area contributed by atoms with Crippen LogP contribution in [0.4, 0.5) is 0 Å². The number of hydrogen-bond donors (Lipinski definition) is 2. The van der Waals surface area contributed by atoms with E-state index in [2.05, 4.69) is 10.0 Å². The molecule has 1 aromatic carbocycles. The Bertz CT molecular complexity index is 840. The van der Waals surface area contributed by atoms with Crippen LogP contribution in [0.3, 0.4) is 0 Å². The molecule has 156 valence electrons. The summed E-state index contributed by atoms with van der Waals surface area (Å²) >= 11 is 0. The standard InChI is InChI=1S/C19H28N2O6S/c1-12(13-6-7-13)20-17(22)11-27-18(23)14-8-9-15(26-5)16(10-14)28(24,25)21-19(2,3)4/h8-10,12-13,21H,6-7,11H2,1-5H3,(H,20,22). The second-order valence-corrected chi connectivity index (χ2v) is 9.64. The molecule has 0 radical (unpaired) electrons. The maximum absolute atomic E-state index is 12.7. The molecular formula is C19H28N2O6S. The van der Waals surface area contributed by atoms with Crippen molar-refractivity contribution in [3.05, 3.63) is 23.8 Å². The van der Waals surface area contributed by atoms with Gasteiger partial charge in [-0.1, -0.05) is 0 Å². The summed E-state index contributed by atoms with van der Waals surface area (Å²) in [6.45, 7) is 6.60. The first-order valence-corrected chi connectivity index (χ1v) is 10.6. The molecule has 0 heterocycles. The molecule has 1 unspecified atom stereocenters. The summed E-state index contributed by atoms with van der Waals surface area (Å²) in [5.74, 6) is -0.582. The maximum Gasteiger partial charge on any atom is 0.338 e. The number of hydrogen-bond acceptors (Lipinski definition) is 6. The lowest BCUT2D eigenvalue weighted by Gasteiger charge is -2.21. The van der Waals surface area contributed by atoms with Crippen LogP contribution in [0.1, 0.15) is 50.9 Å². The Balaban J connectivity index is 2.10. The van der Waals surface area contributed by atoms with Crippen LogP contribution in [-0.4, -0.2) is 45.6 Å². The number of carbonyl (C=O) groups is 2.